The van der Waals surface area contributed by atoms with Crippen molar-refractivity contribution in [1.82, 2.24) is 10.2 Å². The summed E-state index contributed by atoms with van der Waals surface area (Å²) in [6.45, 7) is 5.90. The number of nitrogens with one attached hydrogen (secondary N) is 1. The summed E-state index contributed by atoms with van der Waals surface area (Å²) in [7, 11) is -4.08. The summed E-state index contributed by atoms with van der Waals surface area (Å²) in [5.74, 6) is -0.721. The lowest BCUT2D eigenvalue weighted by Crippen LogP contribution is -2.52. The molecule has 202 valence electrons. The fourth-order valence-electron chi connectivity index (χ4n) is 4.04. The fourth-order valence-corrected chi connectivity index (χ4v) is 5.72. The SMILES string of the molecule is CCCNC(=O)[C@H](CC)N(Cc1ccccc1)C(=O)CN(c1ccc(Br)cc1)S(=O)(=O)c1ccc(C)cc1. The molecule has 0 heterocycles. The highest BCUT2D eigenvalue weighted by Gasteiger charge is 2.33. The molecule has 0 radical (unpaired) electrons. The van der Waals surface area contributed by atoms with Gasteiger partial charge in [0.2, 0.25) is 11.8 Å². The second-order valence-electron chi connectivity index (χ2n) is 9.02. The van der Waals surface area contributed by atoms with Gasteiger partial charge in [-0.15, -0.1) is 0 Å². The quantitative estimate of drug-likeness (QED) is 0.306. The van der Waals surface area contributed by atoms with E-state index in [2.05, 4.69) is 21.2 Å². The maximum atomic E-state index is 13.9. The summed E-state index contributed by atoms with van der Waals surface area (Å²) < 4.78 is 29.5. The topological polar surface area (TPSA) is 86.8 Å². The van der Waals surface area contributed by atoms with Crippen LogP contribution in [-0.2, 0) is 26.2 Å². The zero-order valence-electron chi connectivity index (χ0n) is 21.9. The minimum absolute atomic E-state index is 0.0844. The van der Waals surface area contributed by atoms with E-state index in [9.17, 15) is 18.0 Å². The maximum Gasteiger partial charge on any atom is 0.264 e. The van der Waals surface area contributed by atoms with Crippen LogP contribution in [0.5, 0.6) is 0 Å². The number of nitrogens with zero attached hydrogens (tertiary/aromatic N) is 2. The van der Waals surface area contributed by atoms with Gasteiger partial charge in [0.15, 0.2) is 0 Å². The molecule has 0 aromatic heterocycles. The van der Waals surface area contributed by atoms with Crippen molar-refractivity contribution in [2.24, 2.45) is 0 Å². The fraction of sp³-hybridized carbons (Fsp3) is 0.310. The Morgan fingerprint density at radius 2 is 1.55 bits per heavy atom. The largest absolute Gasteiger partial charge is 0.354 e. The lowest BCUT2D eigenvalue weighted by molar-refractivity contribution is -0.140. The van der Waals surface area contributed by atoms with Gasteiger partial charge < -0.3 is 10.2 Å². The van der Waals surface area contributed by atoms with E-state index in [1.54, 1.807) is 36.4 Å². The van der Waals surface area contributed by atoms with E-state index in [-0.39, 0.29) is 17.3 Å². The monoisotopic (exact) mass is 599 g/mol. The minimum atomic E-state index is -4.08. The highest BCUT2D eigenvalue weighted by atomic mass is 79.9. The average molecular weight is 601 g/mol. The molecular formula is C29H34BrN3O4S. The highest BCUT2D eigenvalue weighted by molar-refractivity contribution is 9.10. The number of hydrogen-bond donors (Lipinski definition) is 1. The molecule has 0 saturated heterocycles. The number of anilines is 1. The lowest BCUT2D eigenvalue weighted by Gasteiger charge is -2.33. The number of aryl methyl sites for hydroxylation is 1. The first kappa shape index (κ1) is 29.4. The van der Waals surface area contributed by atoms with Crippen molar-refractivity contribution in [1.29, 1.82) is 0 Å². The smallest absolute Gasteiger partial charge is 0.264 e. The van der Waals surface area contributed by atoms with Crippen molar-refractivity contribution < 1.29 is 18.0 Å². The first-order valence-corrected chi connectivity index (χ1v) is 14.9. The molecule has 0 aliphatic carbocycles. The van der Waals surface area contributed by atoms with Crippen LogP contribution in [0.1, 0.15) is 37.8 Å². The molecule has 0 spiro atoms. The Kier molecular flexibility index (Phi) is 10.5. The Bertz CT molecular complexity index is 1310. The van der Waals surface area contributed by atoms with Crippen molar-refractivity contribution in [3.8, 4) is 0 Å². The molecule has 0 saturated carbocycles. The van der Waals surface area contributed by atoms with Gasteiger partial charge in [-0.2, -0.15) is 0 Å². The van der Waals surface area contributed by atoms with Gasteiger partial charge in [0.1, 0.15) is 12.6 Å². The standard InChI is InChI=1S/C29H34BrN3O4S/c1-4-19-31-29(35)27(5-2)32(20-23-9-7-6-8-10-23)28(34)21-33(25-15-13-24(30)14-16-25)38(36,37)26-17-11-22(3)12-18-26/h6-18,27H,4-5,19-21H2,1-3H3,(H,31,35)/t27-/m0/s1. The summed E-state index contributed by atoms with van der Waals surface area (Å²) in [5.41, 5.74) is 2.12. The Hall–Kier alpha value is -3.17. The Labute approximate surface area is 234 Å². The van der Waals surface area contributed by atoms with Gasteiger partial charge in [-0.05, 0) is 61.7 Å². The molecule has 1 N–H and O–H groups in total. The predicted molar refractivity (Wildman–Crippen MR) is 154 cm³/mol. The van der Waals surface area contributed by atoms with E-state index in [0.717, 1.165) is 26.3 Å². The van der Waals surface area contributed by atoms with Crippen LogP contribution in [0.4, 0.5) is 5.69 Å². The number of carbonyl (C=O) groups excluding carboxylic acids is 2. The minimum Gasteiger partial charge on any atom is -0.354 e. The first-order chi connectivity index (χ1) is 18.2. The van der Waals surface area contributed by atoms with Gasteiger partial charge in [-0.1, -0.05) is 77.8 Å². The number of carbonyl (C=O) groups is 2. The Balaban J connectivity index is 2.03. The van der Waals surface area contributed by atoms with Crippen LogP contribution in [0.2, 0.25) is 0 Å². The zero-order chi connectivity index (χ0) is 27.7. The van der Waals surface area contributed by atoms with Gasteiger partial charge in [0.05, 0.1) is 10.6 Å². The van der Waals surface area contributed by atoms with Crippen LogP contribution < -0.4 is 9.62 Å². The third-order valence-electron chi connectivity index (χ3n) is 6.13. The number of rotatable bonds is 12. The van der Waals surface area contributed by atoms with Crippen LogP contribution in [0.3, 0.4) is 0 Å². The van der Waals surface area contributed by atoms with E-state index >= 15 is 0 Å². The van der Waals surface area contributed by atoms with Crippen molar-refractivity contribution in [2.75, 3.05) is 17.4 Å². The molecule has 0 unspecified atom stereocenters. The Morgan fingerprint density at radius 3 is 2.13 bits per heavy atom. The number of benzene rings is 3. The molecule has 9 heteroatoms. The molecule has 0 fully saturated rings. The van der Waals surface area contributed by atoms with Crippen molar-refractivity contribution in [2.45, 2.75) is 51.1 Å². The molecule has 0 aliphatic rings. The van der Waals surface area contributed by atoms with Crippen LogP contribution in [0.25, 0.3) is 0 Å². The number of sulfonamides is 1. The van der Waals surface area contributed by atoms with Crippen molar-refractivity contribution in [3.05, 3.63) is 94.5 Å². The zero-order valence-corrected chi connectivity index (χ0v) is 24.3. The number of halogens is 1. The molecule has 7 nitrogen and oxygen atoms in total. The third kappa shape index (κ3) is 7.45. The van der Waals surface area contributed by atoms with E-state index in [1.165, 1.54) is 17.0 Å². The molecule has 3 aromatic carbocycles. The molecular weight excluding hydrogens is 566 g/mol. The summed E-state index contributed by atoms with van der Waals surface area (Å²) in [5, 5.41) is 2.89. The first-order valence-electron chi connectivity index (χ1n) is 12.6. The molecule has 0 aliphatic heterocycles. The van der Waals surface area contributed by atoms with Gasteiger partial charge in [0.25, 0.3) is 10.0 Å². The van der Waals surface area contributed by atoms with Crippen LogP contribution in [-0.4, -0.2) is 44.3 Å². The second-order valence-corrected chi connectivity index (χ2v) is 11.8. The lowest BCUT2D eigenvalue weighted by atomic mass is 10.1. The molecule has 1 atom stereocenters. The van der Waals surface area contributed by atoms with Crippen molar-refractivity contribution in [3.63, 3.8) is 0 Å². The molecule has 38 heavy (non-hydrogen) atoms. The van der Waals surface area contributed by atoms with Gasteiger partial charge in [-0.25, -0.2) is 8.42 Å². The second kappa shape index (κ2) is 13.6. The van der Waals surface area contributed by atoms with Gasteiger partial charge in [-0.3, -0.25) is 13.9 Å². The highest BCUT2D eigenvalue weighted by Crippen LogP contribution is 2.26. The van der Waals surface area contributed by atoms with Gasteiger partial charge in [0, 0.05) is 17.6 Å². The van der Waals surface area contributed by atoms with E-state index in [0.29, 0.717) is 18.7 Å². The summed E-state index contributed by atoms with van der Waals surface area (Å²) in [4.78, 5) is 28.6. The maximum absolute atomic E-state index is 13.9. The number of amides is 2. The van der Waals surface area contributed by atoms with E-state index in [4.69, 9.17) is 0 Å². The Morgan fingerprint density at radius 1 is 0.921 bits per heavy atom. The predicted octanol–water partition coefficient (Wildman–Crippen LogP) is 5.29. The molecule has 3 aromatic rings. The molecule has 2 amide bonds. The normalized spacial score (nSPS) is 12.0. The number of hydrogen-bond acceptors (Lipinski definition) is 4. The van der Waals surface area contributed by atoms with E-state index in [1.807, 2.05) is 51.1 Å². The average Bonchev–Trinajstić information content (AvgIpc) is 2.91. The summed E-state index contributed by atoms with van der Waals surface area (Å²) in [6, 6.07) is 21.9. The van der Waals surface area contributed by atoms with Crippen LogP contribution in [0.15, 0.2) is 88.2 Å². The molecule has 3 rings (SSSR count). The van der Waals surface area contributed by atoms with E-state index < -0.39 is 28.5 Å². The van der Waals surface area contributed by atoms with Gasteiger partial charge >= 0.3 is 0 Å². The van der Waals surface area contributed by atoms with Crippen LogP contribution >= 0.6 is 15.9 Å². The van der Waals surface area contributed by atoms with Crippen LogP contribution in [0, 0.1) is 6.92 Å². The summed E-state index contributed by atoms with van der Waals surface area (Å²) >= 11 is 3.39. The summed E-state index contributed by atoms with van der Waals surface area (Å²) in [6.07, 6.45) is 1.15. The third-order valence-corrected chi connectivity index (χ3v) is 8.45. The van der Waals surface area contributed by atoms with Crippen molar-refractivity contribution >= 4 is 43.5 Å². The molecule has 0 bridgehead atoms.